The van der Waals surface area contributed by atoms with Crippen molar-refractivity contribution in [2.24, 2.45) is 5.92 Å². The minimum absolute atomic E-state index is 0.419. The van der Waals surface area contributed by atoms with Crippen molar-refractivity contribution in [2.45, 2.75) is 45.6 Å². The number of fused-ring (bicyclic) bond motifs is 1. The van der Waals surface area contributed by atoms with Crippen molar-refractivity contribution < 1.29 is 0 Å². The van der Waals surface area contributed by atoms with Crippen molar-refractivity contribution in [2.75, 3.05) is 17.2 Å². The first-order chi connectivity index (χ1) is 9.76. The molecule has 0 aromatic carbocycles. The fourth-order valence-corrected chi connectivity index (χ4v) is 2.40. The Morgan fingerprint density at radius 2 is 2.25 bits per heavy atom. The zero-order valence-corrected chi connectivity index (χ0v) is 12.1. The second-order valence-corrected chi connectivity index (χ2v) is 5.65. The lowest BCUT2D eigenvalue weighted by Crippen LogP contribution is -2.18. The quantitative estimate of drug-likeness (QED) is 0.723. The highest BCUT2D eigenvalue weighted by atomic mass is 15.2. The summed E-state index contributed by atoms with van der Waals surface area (Å²) in [5.41, 5.74) is 1.59. The van der Waals surface area contributed by atoms with Crippen LogP contribution in [-0.4, -0.2) is 32.5 Å². The van der Waals surface area contributed by atoms with Gasteiger partial charge >= 0.3 is 0 Å². The maximum Gasteiger partial charge on any atom is 0.226 e. The van der Waals surface area contributed by atoms with Crippen LogP contribution in [0.2, 0.25) is 0 Å². The van der Waals surface area contributed by atoms with Crippen LogP contribution in [0.3, 0.4) is 0 Å². The number of hydrogen-bond donors (Lipinski definition) is 3. The van der Waals surface area contributed by atoms with Crippen molar-refractivity contribution in [1.29, 1.82) is 0 Å². The molecule has 1 atom stereocenters. The van der Waals surface area contributed by atoms with E-state index >= 15 is 0 Å². The molecule has 3 rings (SSSR count). The van der Waals surface area contributed by atoms with Crippen LogP contribution >= 0.6 is 0 Å². The van der Waals surface area contributed by atoms with Gasteiger partial charge in [0, 0.05) is 12.6 Å². The smallest absolute Gasteiger partial charge is 0.226 e. The monoisotopic (exact) mass is 274 g/mol. The molecule has 20 heavy (non-hydrogen) atoms. The molecule has 0 spiro atoms. The minimum atomic E-state index is 0.419. The van der Waals surface area contributed by atoms with Gasteiger partial charge in [-0.2, -0.15) is 9.97 Å². The molecule has 6 nitrogen and oxygen atoms in total. The van der Waals surface area contributed by atoms with E-state index in [-0.39, 0.29) is 0 Å². The highest BCUT2D eigenvalue weighted by molar-refractivity contribution is 5.83. The van der Waals surface area contributed by atoms with Gasteiger partial charge in [0.2, 0.25) is 5.95 Å². The Labute approximate surface area is 118 Å². The first kappa shape index (κ1) is 13.1. The molecule has 6 heteroatoms. The summed E-state index contributed by atoms with van der Waals surface area (Å²) in [7, 11) is 0. The molecule has 1 aliphatic rings. The van der Waals surface area contributed by atoms with Gasteiger partial charge in [-0.1, -0.05) is 19.8 Å². The number of imidazole rings is 1. The van der Waals surface area contributed by atoms with E-state index in [4.69, 9.17) is 0 Å². The number of anilines is 2. The molecule has 2 heterocycles. The summed E-state index contributed by atoms with van der Waals surface area (Å²) in [5.74, 6) is 2.39. The van der Waals surface area contributed by atoms with E-state index in [1.807, 2.05) is 0 Å². The molecule has 1 fully saturated rings. The zero-order valence-electron chi connectivity index (χ0n) is 12.1. The molecule has 0 radical (unpaired) electrons. The highest BCUT2D eigenvalue weighted by Crippen LogP contribution is 2.34. The lowest BCUT2D eigenvalue weighted by Gasteiger charge is -2.15. The zero-order chi connectivity index (χ0) is 13.9. The Kier molecular flexibility index (Phi) is 3.71. The van der Waals surface area contributed by atoms with Gasteiger partial charge in [-0.3, -0.25) is 0 Å². The first-order valence-electron chi connectivity index (χ1n) is 7.47. The third-order valence-electron chi connectivity index (χ3n) is 3.59. The number of rotatable bonds is 7. The molecule has 1 aliphatic carbocycles. The van der Waals surface area contributed by atoms with Crippen LogP contribution < -0.4 is 10.6 Å². The molecule has 1 unspecified atom stereocenters. The summed E-state index contributed by atoms with van der Waals surface area (Å²) in [6.45, 7) is 5.20. The molecular weight excluding hydrogens is 252 g/mol. The average Bonchev–Trinajstić information content (AvgIpc) is 3.10. The summed E-state index contributed by atoms with van der Waals surface area (Å²) < 4.78 is 0. The molecule has 2 aromatic heterocycles. The van der Waals surface area contributed by atoms with Gasteiger partial charge < -0.3 is 15.6 Å². The molecule has 108 valence electrons. The van der Waals surface area contributed by atoms with Gasteiger partial charge in [0.15, 0.2) is 11.5 Å². The normalized spacial score (nSPS) is 16.3. The Morgan fingerprint density at radius 1 is 1.40 bits per heavy atom. The van der Waals surface area contributed by atoms with E-state index < -0.39 is 0 Å². The maximum atomic E-state index is 4.57. The lowest BCUT2D eigenvalue weighted by atomic mass is 10.1. The minimum Gasteiger partial charge on any atom is -0.366 e. The average molecular weight is 274 g/mol. The van der Waals surface area contributed by atoms with Crippen molar-refractivity contribution >= 4 is 22.9 Å². The van der Waals surface area contributed by atoms with Crippen molar-refractivity contribution in [1.82, 2.24) is 19.9 Å². The van der Waals surface area contributed by atoms with Crippen molar-refractivity contribution in [3.05, 3.63) is 6.33 Å². The summed E-state index contributed by atoms with van der Waals surface area (Å²) in [4.78, 5) is 16.3. The van der Waals surface area contributed by atoms with Crippen LogP contribution in [0.25, 0.3) is 11.2 Å². The van der Waals surface area contributed by atoms with Crippen LogP contribution in [0.4, 0.5) is 11.8 Å². The fourth-order valence-electron chi connectivity index (χ4n) is 2.40. The predicted octanol–water partition coefficient (Wildman–Crippen LogP) is 2.78. The van der Waals surface area contributed by atoms with Gasteiger partial charge in [0.25, 0.3) is 0 Å². The van der Waals surface area contributed by atoms with E-state index in [2.05, 4.69) is 44.4 Å². The fraction of sp³-hybridized carbons (Fsp3) is 0.643. The van der Waals surface area contributed by atoms with Gasteiger partial charge in [-0.25, -0.2) is 4.98 Å². The summed E-state index contributed by atoms with van der Waals surface area (Å²) in [5, 5.41) is 6.72. The Hall–Kier alpha value is -1.85. The van der Waals surface area contributed by atoms with Crippen LogP contribution in [0.5, 0.6) is 0 Å². The number of aromatic nitrogens is 4. The molecule has 0 amide bonds. The molecule has 0 aliphatic heterocycles. The molecule has 1 saturated carbocycles. The Morgan fingerprint density at radius 3 is 3.00 bits per heavy atom. The van der Waals surface area contributed by atoms with Crippen LogP contribution in [0, 0.1) is 5.92 Å². The maximum absolute atomic E-state index is 4.57. The Balaban J connectivity index is 1.80. The van der Waals surface area contributed by atoms with Gasteiger partial charge in [-0.15, -0.1) is 0 Å². The standard InChI is InChI=1S/C14H22N6/c1-3-6-15-14-19-12-11(16-8-17-12)13(20-14)18-9(2)7-10-4-5-10/h8-10H,3-7H2,1-2H3,(H3,15,16,17,18,19,20). The number of hydrogen-bond acceptors (Lipinski definition) is 5. The number of nitrogens with zero attached hydrogens (tertiary/aromatic N) is 3. The second-order valence-electron chi connectivity index (χ2n) is 5.65. The summed E-state index contributed by atoms with van der Waals surface area (Å²) in [6, 6.07) is 0.419. The molecule has 0 saturated heterocycles. The van der Waals surface area contributed by atoms with E-state index in [1.54, 1.807) is 6.33 Å². The third-order valence-corrected chi connectivity index (χ3v) is 3.59. The Bertz CT molecular complexity index is 574. The van der Waals surface area contributed by atoms with E-state index in [1.165, 1.54) is 19.3 Å². The van der Waals surface area contributed by atoms with Crippen molar-refractivity contribution in [3.63, 3.8) is 0 Å². The molecule has 2 aromatic rings. The number of nitrogens with one attached hydrogen (secondary N) is 3. The SMILES string of the molecule is CCCNc1nc(NC(C)CC2CC2)c2[nH]cnc2n1. The van der Waals surface area contributed by atoms with Crippen molar-refractivity contribution in [3.8, 4) is 0 Å². The highest BCUT2D eigenvalue weighted by Gasteiger charge is 2.24. The summed E-state index contributed by atoms with van der Waals surface area (Å²) in [6.07, 6.45) is 6.66. The first-order valence-corrected chi connectivity index (χ1v) is 7.47. The number of H-pyrrole nitrogens is 1. The summed E-state index contributed by atoms with van der Waals surface area (Å²) >= 11 is 0. The third kappa shape index (κ3) is 3.00. The largest absolute Gasteiger partial charge is 0.366 e. The van der Waals surface area contributed by atoms with E-state index in [9.17, 15) is 0 Å². The number of aromatic amines is 1. The molecule has 0 bridgehead atoms. The second kappa shape index (κ2) is 5.64. The van der Waals surface area contributed by atoms with Crippen LogP contribution in [0.1, 0.15) is 39.5 Å². The lowest BCUT2D eigenvalue weighted by molar-refractivity contribution is 0.640. The van der Waals surface area contributed by atoms with E-state index in [0.29, 0.717) is 17.6 Å². The molecular formula is C14H22N6. The van der Waals surface area contributed by atoms with E-state index in [0.717, 1.165) is 30.2 Å². The molecule has 3 N–H and O–H groups in total. The predicted molar refractivity (Wildman–Crippen MR) is 80.9 cm³/mol. The van der Waals surface area contributed by atoms with Gasteiger partial charge in [-0.05, 0) is 25.7 Å². The van der Waals surface area contributed by atoms with Crippen LogP contribution in [-0.2, 0) is 0 Å². The van der Waals surface area contributed by atoms with Gasteiger partial charge in [0.1, 0.15) is 5.52 Å². The van der Waals surface area contributed by atoms with Crippen LogP contribution in [0.15, 0.2) is 6.33 Å². The van der Waals surface area contributed by atoms with Gasteiger partial charge in [0.05, 0.1) is 6.33 Å². The topological polar surface area (TPSA) is 78.5 Å².